The monoisotopic (exact) mass is 406 g/mol. The normalized spacial score (nSPS) is 12.7. The molecule has 0 aliphatic rings. The van der Waals surface area contributed by atoms with Crippen LogP contribution in [-0.2, 0) is 20.0 Å². The molecular weight excluding hydrogens is 384 g/mol. The van der Waals surface area contributed by atoms with Gasteiger partial charge in [0.05, 0.1) is 0 Å². The highest BCUT2D eigenvalue weighted by molar-refractivity contribution is 7.92. The molecule has 0 aliphatic heterocycles. The molecule has 0 bridgehead atoms. The lowest BCUT2D eigenvalue weighted by Crippen LogP contribution is -2.28. The zero-order valence-electron chi connectivity index (χ0n) is 14.7. The summed E-state index contributed by atoms with van der Waals surface area (Å²) in [5, 5.41) is 2.18. The summed E-state index contributed by atoms with van der Waals surface area (Å²) in [7, 11) is -7.13. The third-order valence-electron chi connectivity index (χ3n) is 3.44. The van der Waals surface area contributed by atoms with Crippen LogP contribution in [0.2, 0.25) is 0 Å². The zero-order chi connectivity index (χ0) is 19.6. The number of hydrogen-bond donors (Lipinski definition) is 2. The van der Waals surface area contributed by atoms with Crippen LogP contribution in [0.5, 0.6) is 0 Å². The number of sulfonamides is 2. The van der Waals surface area contributed by atoms with Gasteiger partial charge in [0, 0.05) is 23.9 Å². The standard InChI is InChI=1S/C19H22N2O4S2/c22-26(23,16-12-18-8-3-1-4-9-18)20-14-7-15-21-27(24,25)17-13-19-10-5-2-6-11-19/h1-6,8-13,16-17,20-21H,7,14-15H2/b16-12+,17-13+. The summed E-state index contributed by atoms with van der Waals surface area (Å²) in [6.45, 7) is 0.263. The van der Waals surface area contributed by atoms with Gasteiger partial charge in [0.25, 0.3) is 0 Å². The SMILES string of the molecule is O=S(=O)(/C=C/c1ccccc1)NCCCNS(=O)(=O)/C=C/c1ccccc1. The van der Waals surface area contributed by atoms with E-state index in [0.717, 1.165) is 21.9 Å². The second-order valence-electron chi connectivity index (χ2n) is 5.66. The maximum absolute atomic E-state index is 11.9. The van der Waals surface area contributed by atoms with Crippen LogP contribution in [0, 0.1) is 0 Å². The first-order chi connectivity index (χ1) is 12.9. The van der Waals surface area contributed by atoms with Crippen molar-refractivity contribution in [1.82, 2.24) is 9.44 Å². The van der Waals surface area contributed by atoms with E-state index in [9.17, 15) is 16.8 Å². The van der Waals surface area contributed by atoms with E-state index < -0.39 is 20.0 Å². The van der Waals surface area contributed by atoms with Crippen molar-refractivity contribution >= 4 is 32.2 Å². The first-order valence-electron chi connectivity index (χ1n) is 8.32. The summed E-state index contributed by atoms with van der Waals surface area (Å²) in [5.74, 6) is 0. The van der Waals surface area contributed by atoms with Gasteiger partial charge in [0.1, 0.15) is 0 Å². The molecule has 0 radical (unpaired) electrons. The van der Waals surface area contributed by atoms with Crippen LogP contribution in [0.25, 0.3) is 12.2 Å². The Balaban J connectivity index is 1.73. The summed E-state index contributed by atoms with van der Waals surface area (Å²) in [6, 6.07) is 18.1. The summed E-state index contributed by atoms with van der Waals surface area (Å²) in [5.41, 5.74) is 1.56. The molecule has 2 aromatic rings. The number of hydrogen-bond acceptors (Lipinski definition) is 4. The van der Waals surface area contributed by atoms with Crippen LogP contribution in [0.4, 0.5) is 0 Å². The average molecular weight is 407 g/mol. The van der Waals surface area contributed by atoms with Gasteiger partial charge in [0.2, 0.25) is 20.0 Å². The zero-order valence-corrected chi connectivity index (χ0v) is 16.3. The van der Waals surface area contributed by atoms with Gasteiger partial charge in [-0.15, -0.1) is 0 Å². The largest absolute Gasteiger partial charge is 0.233 e. The predicted octanol–water partition coefficient (Wildman–Crippen LogP) is 2.56. The van der Waals surface area contributed by atoms with Crippen molar-refractivity contribution in [3.8, 4) is 0 Å². The van der Waals surface area contributed by atoms with E-state index in [4.69, 9.17) is 0 Å². The van der Waals surface area contributed by atoms with E-state index in [1.165, 1.54) is 12.2 Å². The molecule has 0 amide bonds. The van der Waals surface area contributed by atoms with Gasteiger partial charge in [-0.1, -0.05) is 60.7 Å². The summed E-state index contributed by atoms with van der Waals surface area (Å²) >= 11 is 0. The Hall–Kier alpha value is -2.26. The van der Waals surface area contributed by atoms with Crippen LogP contribution in [0.15, 0.2) is 71.5 Å². The molecule has 2 N–H and O–H groups in total. The van der Waals surface area contributed by atoms with Crippen LogP contribution in [-0.4, -0.2) is 29.9 Å². The lowest BCUT2D eigenvalue weighted by Gasteiger charge is -2.04. The molecule has 0 aliphatic carbocycles. The second kappa shape index (κ2) is 10.2. The Kier molecular flexibility index (Phi) is 7.93. The highest BCUT2D eigenvalue weighted by atomic mass is 32.2. The molecule has 0 aromatic heterocycles. The first kappa shape index (κ1) is 21.0. The minimum Gasteiger partial charge on any atom is -0.212 e. The molecule has 0 unspecified atom stereocenters. The minimum absolute atomic E-state index is 0.131. The van der Waals surface area contributed by atoms with E-state index in [0.29, 0.717) is 6.42 Å². The van der Waals surface area contributed by atoms with Crippen molar-refractivity contribution in [2.24, 2.45) is 0 Å². The molecule has 27 heavy (non-hydrogen) atoms. The molecule has 0 spiro atoms. The third kappa shape index (κ3) is 8.78. The highest BCUT2D eigenvalue weighted by Gasteiger charge is 2.06. The highest BCUT2D eigenvalue weighted by Crippen LogP contribution is 2.03. The third-order valence-corrected chi connectivity index (χ3v) is 5.64. The molecule has 2 aromatic carbocycles. The van der Waals surface area contributed by atoms with Crippen molar-refractivity contribution in [2.75, 3.05) is 13.1 Å². The van der Waals surface area contributed by atoms with E-state index in [-0.39, 0.29) is 13.1 Å². The first-order valence-corrected chi connectivity index (χ1v) is 11.4. The molecular formula is C19H22N2O4S2. The Bertz CT molecular complexity index is 887. The second-order valence-corrected chi connectivity index (χ2v) is 8.96. The molecule has 8 heteroatoms. The lowest BCUT2D eigenvalue weighted by atomic mass is 10.2. The van der Waals surface area contributed by atoms with Crippen LogP contribution in [0.3, 0.4) is 0 Å². The van der Waals surface area contributed by atoms with Gasteiger partial charge in [-0.2, -0.15) is 0 Å². The van der Waals surface area contributed by atoms with Crippen LogP contribution < -0.4 is 9.44 Å². The van der Waals surface area contributed by atoms with Crippen molar-refractivity contribution in [2.45, 2.75) is 6.42 Å². The fourth-order valence-electron chi connectivity index (χ4n) is 2.08. The summed E-state index contributed by atoms with van der Waals surface area (Å²) in [4.78, 5) is 0. The number of nitrogens with one attached hydrogen (secondary N) is 2. The Labute approximate surface area is 160 Å². The van der Waals surface area contributed by atoms with E-state index in [1.807, 2.05) is 36.4 Å². The Morgan fingerprint density at radius 3 is 1.37 bits per heavy atom. The molecule has 6 nitrogen and oxygen atoms in total. The summed E-state index contributed by atoms with van der Waals surface area (Å²) < 4.78 is 52.3. The average Bonchev–Trinajstić information content (AvgIpc) is 2.66. The van der Waals surface area contributed by atoms with E-state index in [2.05, 4.69) is 9.44 Å². The lowest BCUT2D eigenvalue weighted by molar-refractivity contribution is 0.582. The number of benzene rings is 2. The number of rotatable bonds is 10. The van der Waals surface area contributed by atoms with Gasteiger partial charge < -0.3 is 0 Å². The van der Waals surface area contributed by atoms with Gasteiger partial charge >= 0.3 is 0 Å². The van der Waals surface area contributed by atoms with Gasteiger partial charge in [0.15, 0.2) is 0 Å². The molecule has 0 saturated carbocycles. The van der Waals surface area contributed by atoms with Crippen molar-refractivity contribution < 1.29 is 16.8 Å². The van der Waals surface area contributed by atoms with Crippen molar-refractivity contribution in [1.29, 1.82) is 0 Å². The fourth-order valence-corrected chi connectivity index (χ4v) is 3.80. The molecule has 2 rings (SSSR count). The van der Waals surface area contributed by atoms with Gasteiger partial charge in [-0.3, -0.25) is 0 Å². The Morgan fingerprint density at radius 2 is 1.00 bits per heavy atom. The molecule has 0 heterocycles. The van der Waals surface area contributed by atoms with E-state index >= 15 is 0 Å². The van der Waals surface area contributed by atoms with Crippen molar-refractivity contribution in [3.63, 3.8) is 0 Å². The van der Waals surface area contributed by atoms with Crippen LogP contribution >= 0.6 is 0 Å². The molecule has 0 atom stereocenters. The van der Waals surface area contributed by atoms with Crippen LogP contribution in [0.1, 0.15) is 17.5 Å². The minimum atomic E-state index is -3.56. The Morgan fingerprint density at radius 1 is 0.630 bits per heavy atom. The van der Waals surface area contributed by atoms with Gasteiger partial charge in [-0.05, 0) is 29.7 Å². The smallest absolute Gasteiger partial charge is 0.212 e. The molecule has 144 valence electrons. The van der Waals surface area contributed by atoms with Crippen molar-refractivity contribution in [3.05, 3.63) is 82.6 Å². The maximum atomic E-state index is 11.9. The summed E-state index contributed by atoms with van der Waals surface area (Å²) in [6.07, 6.45) is 3.33. The van der Waals surface area contributed by atoms with Gasteiger partial charge in [-0.25, -0.2) is 26.3 Å². The molecule has 0 fully saturated rings. The van der Waals surface area contributed by atoms with E-state index in [1.54, 1.807) is 24.3 Å². The fraction of sp³-hybridized carbons (Fsp3) is 0.158. The predicted molar refractivity (Wildman–Crippen MR) is 109 cm³/mol. The molecule has 0 saturated heterocycles. The maximum Gasteiger partial charge on any atom is 0.233 e. The topological polar surface area (TPSA) is 92.3 Å². The quantitative estimate of drug-likeness (QED) is 0.593.